The second-order valence-corrected chi connectivity index (χ2v) is 5.19. The van der Waals surface area contributed by atoms with E-state index in [-0.39, 0.29) is 12.5 Å². The number of aliphatic hydroxyl groups is 1. The Kier molecular flexibility index (Phi) is 4.34. The van der Waals surface area contributed by atoms with Crippen molar-refractivity contribution < 1.29 is 14.3 Å². The molecule has 6 nitrogen and oxygen atoms in total. The lowest BCUT2D eigenvalue weighted by Gasteiger charge is -2.11. The van der Waals surface area contributed by atoms with Gasteiger partial charge < -0.3 is 14.3 Å². The summed E-state index contributed by atoms with van der Waals surface area (Å²) in [5.74, 6) is 1.24. The number of benzene rings is 1. The van der Waals surface area contributed by atoms with Crippen LogP contribution in [0.4, 0.5) is 0 Å². The number of oxazole rings is 1. The van der Waals surface area contributed by atoms with Gasteiger partial charge in [-0.3, -0.25) is 0 Å². The van der Waals surface area contributed by atoms with Crippen LogP contribution >= 0.6 is 0 Å². The van der Waals surface area contributed by atoms with E-state index in [1.807, 2.05) is 6.07 Å². The molecule has 0 aliphatic carbocycles. The van der Waals surface area contributed by atoms with Gasteiger partial charge >= 0.3 is 0 Å². The van der Waals surface area contributed by atoms with Crippen molar-refractivity contribution >= 4 is 0 Å². The van der Waals surface area contributed by atoms with Gasteiger partial charge in [0.05, 0.1) is 12.4 Å². The van der Waals surface area contributed by atoms with Crippen LogP contribution in [-0.4, -0.2) is 20.1 Å². The van der Waals surface area contributed by atoms with E-state index < -0.39 is 0 Å². The number of aryl methyl sites for hydroxylation is 2. The fraction of sp³-hybridized carbons (Fsp3) is 0.235. The minimum Gasteiger partial charge on any atom is -0.486 e. The molecule has 0 fully saturated rings. The van der Waals surface area contributed by atoms with E-state index in [4.69, 9.17) is 14.3 Å². The maximum Gasteiger partial charge on any atom is 0.220 e. The first-order valence-electron chi connectivity index (χ1n) is 7.23. The highest BCUT2D eigenvalue weighted by atomic mass is 16.5. The maximum atomic E-state index is 8.95. The van der Waals surface area contributed by atoms with Crippen LogP contribution in [0.5, 0.6) is 5.75 Å². The third-order valence-electron chi connectivity index (χ3n) is 3.57. The molecule has 1 aromatic carbocycles. The van der Waals surface area contributed by atoms with Crippen molar-refractivity contribution in [2.45, 2.75) is 27.1 Å². The van der Waals surface area contributed by atoms with Crippen LogP contribution in [0.25, 0.3) is 11.5 Å². The molecule has 2 heterocycles. The molecule has 0 aliphatic heterocycles. The summed E-state index contributed by atoms with van der Waals surface area (Å²) >= 11 is 0. The standard InChI is InChI=1S/C17H17N3O3/c1-11-4-3-5-12(2)14(11)9-22-13-6-18-17(19-7-13)15-10-23-16(8-21)20-15/h3-7,10,21H,8-9H2,1-2H3. The van der Waals surface area contributed by atoms with Crippen molar-refractivity contribution in [2.24, 2.45) is 0 Å². The highest BCUT2D eigenvalue weighted by molar-refractivity contribution is 5.46. The Balaban J connectivity index is 1.70. The third-order valence-corrected chi connectivity index (χ3v) is 3.57. The number of rotatable bonds is 5. The second kappa shape index (κ2) is 6.58. The predicted octanol–water partition coefficient (Wildman–Crippen LogP) is 2.82. The summed E-state index contributed by atoms with van der Waals surface area (Å²) < 4.78 is 10.8. The maximum absolute atomic E-state index is 8.95. The summed E-state index contributed by atoms with van der Waals surface area (Å²) in [4.78, 5) is 12.5. The van der Waals surface area contributed by atoms with Crippen LogP contribution in [0.3, 0.4) is 0 Å². The molecule has 118 valence electrons. The lowest BCUT2D eigenvalue weighted by atomic mass is 10.0. The number of hydrogen-bond acceptors (Lipinski definition) is 6. The van der Waals surface area contributed by atoms with E-state index >= 15 is 0 Å². The molecule has 3 aromatic rings. The van der Waals surface area contributed by atoms with Gasteiger partial charge in [-0.15, -0.1) is 0 Å². The molecular formula is C17H17N3O3. The molecule has 0 saturated carbocycles. The van der Waals surface area contributed by atoms with Crippen molar-refractivity contribution in [3.8, 4) is 17.3 Å². The normalized spacial score (nSPS) is 10.7. The molecule has 1 N–H and O–H groups in total. The van der Waals surface area contributed by atoms with Crippen LogP contribution in [0, 0.1) is 13.8 Å². The summed E-state index contributed by atoms with van der Waals surface area (Å²) in [5, 5.41) is 8.95. The fourth-order valence-corrected chi connectivity index (χ4v) is 2.24. The number of hydrogen-bond donors (Lipinski definition) is 1. The largest absolute Gasteiger partial charge is 0.486 e. The van der Waals surface area contributed by atoms with Crippen molar-refractivity contribution in [3.05, 3.63) is 59.4 Å². The van der Waals surface area contributed by atoms with E-state index in [9.17, 15) is 0 Å². The Bertz CT molecular complexity index is 777. The molecule has 6 heteroatoms. The summed E-state index contributed by atoms with van der Waals surface area (Å²) in [6, 6.07) is 6.16. The van der Waals surface area contributed by atoms with Gasteiger partial charge in [0.25, 0.3) is 0 Å². The Morgan fingerprint density at radius 2 is 1.83 bits per heavy atom. The van der Waals surface area contributed by atoms with Gasteiger partial charge in [0, 0.05) is 0 Å². The summed E-state index contributed by atoms with van der Waals surface area (Å²) in [6.07, 6.45) is 4.62. The van der Waals surface area contributed by atoms with E-state index in [1.54, 1.807) is 12.4 Å². The van der Waals surface area contributed by atoms with E-state index in [0.717, 1.165) is 0 Å². The lowest BCUT2D eigenvalue weighted by molar-refractivity contribution is 0.240. The van der Waals surface area contributed by atoms with Gasteiger partial charge in [-0.25, -0.2) is 15.0 Å². The summed E-state index contributed by atoms with van der Waals surface area (Å²) in [6.45, 7) is 4.35. The van der Waals surface area contributed by atoms with Crippen molar-refractivity contribution in [1.82, 2.24) is 15.0 Å². The Morgan fingerprint density at radius 1 is 1.13 bits per heavy atom. The quantitative estimate of drug-likeness (QED) is 0.780. The second-order valence-electron chi connectivity index (χ2n) is 5.19. The van der Waals surface area contributed by atoms with Crippen molar-refractivity contribution in [2.75, 3.05) is 0 Å². The third kappa shape index (κ3) is 3.37. The monoisotopic (exact) mass is 311 g/mol. The Labute approximate surface area is 133 Å². The Morgan fingerprint density at radius 3 is 2.43 bits per heavy atom. The number of aliphatic hydroxyl groups excluding tert-OH is 1. The molecule has 0 amide bonds. The molecule has 3 rings (SSSR count). The summed E-state index contributed by atoms with van der Waals surface area (Å²) in [5.41, 5.74) is 4.04. The van der Waals surface area contributed by atoms with Crippen LogP contribution in [0.1, 0.15) is 22.6 Å². The first kappa shape index (κ1) is 15.2. The topological polar surface area (TPSA) is 81.3 Å². The van der Waals surface area contributed by atoms with Crippen LogP contribution in [0.15, 0.2) is 41.3 Å². The molecule has 0 radical (unpaired) electrons. The van der Waals surface area contributed by atoms with Crippen LogP contribution in [0.2, 0.25) is 0 Å². The minimum atomic E-state index is -0.253. The molecule has 0 bridgehead atoms. The minimum absolute atomic E-state index is 0.235. The first-order valence-corrected chi connectivity index (χ1v) is 7.23. The molecular weight excluding hydrogens is 294 g/mol. The molecule has 0 saturated heterocycles. The van der Waals surface area contributed by atoms with Crippen molar-refractivity contribution in [1.29, 1.82) is 0 Å². The Hall–Kier alpha value is -2.73. The fourth-order valence-electron chi connectivity index (χ4n) is 2.24. The average Bonchev–Trinajstić information content (AvgIpc) is 3.04. The first-order chi connectivity index (χ1) is 11.2. The highest BCUT2D eigenvalue weighted by Crippen LogP contribution is 2.19. The van der Waals surface area contributed by atoms with Gasteiger partial charge in [-0.2, -0.15) is 0 Å². The number of aromatic nitrogens is 3. The molecule has 0 atom stereocenters. The zero-order valence-electron chi connectivity index (χ0n) is 13.0. The molecule has 2 aromatic heterocycles. The van der Waals surface area contributed by atoms with Crippen LogP contribution < -0.4 is 4.74 Å². The zero-order valence-corrected chi connectivity index (χ0v) is 13.0. The van der Waals surface area contributed by atoms with E-state index in [1.165, 1.54) is 23.0 Å². The van der Waals surface area contributed by atoms with E-state index in [0.29, 0.717) is 23.9 Å². The smallest absolute Gasteiger partial charge is 0.220 e. The number of nitrogens with zero attached hydrogens (tertiary/aromatic N) is 3. The van der Waals surface area contributed by atoms with Gasteiger partial charge in [-0.1, -0.05) is 18.2 Å². The van der Waals surface area contributed by atoms with Gasteiger partial charge in [0.15, 0.2) is 11.6 Å². The zero-order chi connectivity index (χ0) is 16.2. The molecule has 0 aliphatic rings. The number of ether oxygens (including phenoxy) is 1. The highest BCUT2D eigenvalue weighted by Gasteiger charge is 2.09. The van der Waals surface area contributed by atoms with Gasteiger partial charge in [0.1, 0.15) is 25.2 Å². The van der Waals surface area contributed by atoms with Crippen LogP contribution in [-0.2, 0) is 13.2 Å². The molecule has 0 unspecified atom stereocenters. The average molecular weight is 311 g/mol. The van der Waals surface area contributed by atoms with Crippen molar-refractivity contribution in [3.63, 3.8) is 0 Å². The lowest BCUT2D eigenvalue weighted by Crippen LogP contribution is -2.01. The van der Waals surface area contributed by atoms with Gasteiger partial charge in [0.2, 0.25) is 5.89 Å². The van der Waals surface area contributed by atoms with E-state index in [2.05, 4.69) is 40.9 Å². The molecule has 0 spiro atoms. The van der Waals surface area contributed by atoms with Gasteiger partial charge in [-0.05, 0) is 30.5 Å². The molecule has 23 heavy (non-hydrogen) atoms. The SMILES string of the molecule is Cc1cccc(C)c1COc1cnc(-c2coc(CO)n2)nc1. The predicted molar refractivity (Wildman–Crippen MR) is 83.7 cm³/mol. The summed E-state index contributed by atoms with van der Waals surface area (Å²) in [7, 11) is 0.